The highest BCUT2D eigenvalue weighted by Crippen LogP contribution is 2.22. The number of rotatable bonds is 9. The van der Waals surface area contributed by atoms with Crippen molar-refractivity contribution in [2.75, 3.05) is 5.32 Å². The van der Waals surface area contributed by atoms with E-state index in [0.717, 1.165) is 10.0 Å². The van der Waals surface area contributed by atoms with E-state index >= 15 is 0 Å². The molecule has 4 aromatic rings. The van der Waals surface area contributed by atoms with Crippen molar-refractivity contribution in [1.29, 1.82) is 0 Å². The van der Waals surface area contributed by atoms with Crippen molar-refractivity contribution in [2.24, 2.45) is 5.10 Å². The number of halogens is 2. The molecule has 0 aliphatic rings. The Labute approximate surface area is 238 Å². The summed E-state index contributed by atoms with van der Waals surface area (Å²) in [5.41, 5.74) is 3.32. The zero-order valence-corrected chi connectivity index (χ0v) is 23.4. The van der Waals surface area contributed by atoms with E-state index in [4.69, 9.17) is 16.0 Å². The van der Waals surface area contributed by atoms with Crippen LogP contribution in [0.15, 0.2) is 110 Å². The number of hydrogen-bond acceptors (Lipinski definition) is 6. The lowest BCUT2D eigenvalue weighted by molar-refractivity contribution is -0.136. The molecule has 0 aliphatic carbocycles. The second-order valence-corrected chi connectivity index (χ2v) is 11.5. The van der Waals surface area contributed by atoms with E-state index < -0.39 is 21.8 Å². The Kier molecular flexibility index (Phi) is 9.31. The minimum atomic E-state index is -3.86. The van der Waals surface area contributed by atoms with Crippen LogP contribution in [-0.2, 0) is 32.7 Å². The molecule has 0 fully saturated rings. The highest BCUT2D eigenvalue weighted by Gasteiger charge is 2.26. The molecule has 0 saturated carbocycles. The summed E-state index contributed by atoms with van der Waals surface area (Å²) in [7, 11) is -3.86. The van der Waals surface area contributed by atoms with Gasteiger partial charge in [-0.3, -0.25) is 9.59 Å². The fourth-order valence-electron chi connectivity index (χ4n) is 3.41. The highest BCUT2D eigenvalue weighted by atomic mass is 79.9. The van der Waals surface area contributed by atoms with Crippen LogP contribution in [0.25, 0.3) is 0 Å². The van der Waals surface area contributed by atoms with Gasteiger partial charge in [-0.1, -0.05) is 57.9 Å². The van der Waals surface area contributed by atoms with Gasteiger partial charge in [0.25, 0.3) is 0 Å². The maximum absolute atomic E-state index is 13.4. The number of hydrogen-bond donors (Lipinski definition) is 2. The van der Waals surface area contributed by atoms with Crippen molar-refractivity contribution in [3.8, 4) is 0 Å². The zero-order valence-electron chi connectivity index (χ0n) is 20.3. The lowest BCUT2D eigenvalue weighted by atomic mass is 10.2. The molecule has 0 bridgehead atoms. The number of amides is 2. The average Bonchev–Trinajstić information content (AvgIpc) is 3.38. The Hall–Kier alpha value is -3.77. The highest BCUT2D eigenvalue weighted by molar-refractivity contribution is 9.10. The number of furan rings is 1. The van der Waals surface area contributed by atoms with Crippen LogP contribution >= 0.6 is 27.5 Å². The summed E-state index contributed by atoms with van der Waals surface area (Å²) in [5.74, 6) is -1.26. The number of benzene rings is 3. The molecule has 0 unspecified atom stereocenters. The van der Waals surface area contributed by atoms with Crippen molar-refractivity contribution >= 4 is 61.3 Å². The van der Waals surface area contributed by atoms with Gasteiger partial charge in [0.05, 0.1) is 17.7 Å². The van der Waals surface area contributed by atoms with E-state index in [1.807, 2.05) is 0 Å². The molecule has 0 spiro atoms. The summed E-state index contributed by atoms with van der Waals surface area (Å²) in [6, 6.07) is 24.9. The minimum Gasteiger partial charge on any atom is -0.459 e. The smallest absolute Gasteiger partial charge is 0.329 e. The molecule has 0 aliphatic heterocycles. The third-order valence-corrected chi connectivity index (χ3v) is 7.92. The zero-order chi connectivity index (χ0) is 27.8. The van der Waals surface area contributed by atoms with Gasteiger partial charge in [0.15, 0.2) is 0 Å². The average molecular weight is 630 g/mol. The van der Waals surface area contributed by atoms with Crippen molar-refractivity contribution in [3.05, 3.63) is 118 Å². The number of anilines is 1. The lowest BCUT2D eigenvalue weighted by Crippen LogP contribution is -2.32. The number of hydrazone groups is 1. The Morgan fingerprint density at radius 2 is 1.59 bits per heavy atom. The van der Waals surface area contributed by atoms with Crippen LogP contribution in [0.5, 0.6) is 0 Å². The summed E-state index contributed by atoms with van der Waals surface area (Å²) in [5, 5.41) is 6.75. The molecular weight excluding hydrogens is 608 g/mol. The van der Waals surface area contributed by atoms with Gasteiger partial charge in [-0.2, -0.15) is 9.41 Å². The Bertz CT molecular complexity index is 1570. The summed E-state index contributed by atoms with van der Waals surface area (Å²) >= 11 is 9.27. The summed E-state index contributed by atoms with van der Waals surface area (Å²) in [6.45, 7) is 0.0255. The van der Waals surface area contributed by atoms with Crippen LogP contribution in [0, 0.1) is 0 Å². The number of carbonyl (C=O) groups is 2. The molecule has 1 heterocycles. The lowest BCUT2D eigenvalue weighted by Gasteiger charge is -2.21. The first-order chi connectivity index (χ1) is 18.7. The van der Waals surface area contributed by atoms with Crippen LogP contribution in [0.2, 0.25) is 5.02 Å². The Morgan fingerprint density at radius 1 is 0.897 bits per heavy atom. The standard InChI is InChI=1S/C27H22BrClN4O5S/c28-20-8-12-22(13-9-20)31-26(34)27(35)32-30-16-23-14-15-24(38-23)18-33(17-19-6-10-21(29)11-7-19)39(36,37)25-4-2-1-3-5-25/h1-16H,17-18H2,(H,31,34)(H,32,35)/b30-16+. The molecule has 3 aromatic carbocycles. The van der Waals surface area contributed by atoms with E-state index in [2.05, 4.69) is 31.8 Å². The van der Waals surface area contributed by atoms with Gasteiger partial charge in [0, 0.05) is 21.7 Å². The van der Waals surface area contributed by atoms with E-state index in [1.54, 1.807) is 78.9 Å². The Morgan fingerprint density at radius 3 is 2.28 bits per heavy atom. The number of sulfonamides is 1. The SMILES string of the molecule is O=C(N/N=C/c1ccc(CN(Cc2ccc(Cl)cc2)S(=O)(=O)c2ccccc2)o1)C(=O)Nc1ccc(Br)cc1. The molecule has 12 heteroatoms. The summed E-state index contributed by atoms with van der Waals surface area (Å²) in [4.78, 5) is 24.2. The van der Waals surface area contributed by atoms with Crippen LogP contribution in [-0.4, -0.2) is 30.8 Å². The minimum absolute atomic E-state index is 0.0599. The predicted octanol–water partition coefficient (Wildman–Crippen LogP) is 5.18. The first kappa shape index (κ1) is 28.2. The van der Waals surface area contributed by atoms with Crippen LogP contribution < -0.4 is 10.7 Å². The Balaban J connectivity index is 1.42. The van der Waals surface area contributed by atoms with Crippen LogP contribution in [0.4, 0.5) is 5.69 Å². The van der Waals surface area contributed by atoms with Gasteiger partial charge in [0.2, 0.25) is 10.0 Å². The largest absolute Gasteiger partial charge is 0.459 e. The van der Waals surface area contributed by atoms with Crippen LogP contribution in [0.3, 0.4) is 0 Å². The predicted molar refractivity (Wildman–Crippen MR) is 152 cm³/mol. The first-order valence-corrected chi connectivity index (χ1v) is 14.1. The second-order valence-electron chi connectivity index (χ2n) is 8.18. The maximum atomic E-state index is 13.4. The number of nitrogens with zero attached hydrogens (tertiary/aromatic N) is 2. The first-order valence-electron chi connectivity index (χ1n) is 11.5. The van der Waals surface area contributed by atoms with Crippen molar-refractivity contribution < 1.29 is 22.4 Å². The van der Waals surface area contributed by atoms with E-state index in [-0.39, 0.29) is 23.7 Å². The van der Waals surface area contributed by atoms with Crippen molar-refractivity contribution in [2.45, 2.75) is 18.0 Å². The van der Waals surface area contributed by atoms with E-state index in [1.165, 1.54) is 22.7 Å². The molecule has 39 heavy (non-hydrogen) atoms. The topological polar surface area (TPSA) is 121 Å². The second kappa shape index (κ2) is 12.9. The van der Waals surface area contributed by atoms with Crippen molar-refractivity contribution in [1.82, 2.24) is 9.73 Å². The normalized spacial score (nSPS) is 11.6. The molecule has 2 amide bonds. The van der Waals surface area contributed by atoms with Gasteiger partial charge in [-0.25, -0.2) is 13.8 Å². The molecule has 4 rings (SSSR count). The van der Waals surface area contributed by atoms with E-state index in [0.29, 0.717) is 16.5 Å². The summed E-state index contributed by atoms with van der Waals surface area (Å²) < 4.78 is 34.7. The van der Waals surface area contributed by atoms with Gasteiger partial charge < -0.3 is 9.73 Å². The molecule has 200 valence electrons. The fraction of sp³-hybridized carbons (Fsp3) is 0.0741. The quantitative estimate of drug-likeness (QED) is 0.150. The third-order valence-electron chi connectivity index (χ3n) is 5.33. The molecular formula is C27H22BrClN4O5S. The van der Waals surface area contributed by atoms with Crippen LogP contribution in [0.1, 0.15) is 17.1 Å². The van der Waals surface area contributed by atoms with Gasteiger partial charge >= 0.3 is 11.8 Å². The monoisotopic (exact) mass is 628 g/mol. The van der Waals surface area contributed by atoms with Gasteiger partial charge in [0.1, 0.15) is 11.5 Å². The molecule has 2 N–H and O–H groups in total. The third kappa shape index (κ3) is 7.87. The number of carbonyl (C=O) groups excluding carboxylic acids is 2. The summed E-state index contributed by atoms with van der Waals surface area (Å²) in [6.07, 6.45) is 1.21. The molecule has 0 atom stereocenters. The maximum Gasteiger partial charge on any atom is 0.329 e. The van der Waals surface area contributed by atoms with Gasteiger partial charge in [-0.05, 0) is 66.2 Å². The molecule has 0 radical (unpaired) electrons. The molecule has 0 saturated heterocycles. The molecule has 1 aromatic heterocycles. The van der Waals surface area contributed by atoms with Crippen molar-refractivity contribution in [3.63, 3.8) is 0 Å². The molecule has 9 nitrogen and oxygen atoms in total. The van der Waals surface area contributed by atoms with E-state index in [9.17, 15) is 18.0 Å². The van der Waals surface area contributed by atoms with Gasteiger partial charge in [-0.15, -0.1) is 0 Å². The fourth-order valence-corrected chi connectivity index (χ4v) is 5.22. The number of nitrogens with one attached hydrogen (secondary N) is 2.